The van der Waals surface area contributed by atoms with Gasteiger partial charge in [0.15, 0.2) is 5.78 Å². The maximum absolute atomic E-state index is 12.1. The Labute approximate surface area is 109 Å². The van der Waals surface area contributed by atoms with E-state index in [4.69, 9.17) is 4.74 Å². The number of thiazole rings is 1. The largest absolute Gasteiger partial charge is 0.493 e. The van der Waals surface area contributed by atoms with Gasteiger partial charge in [-0.2, -0.15) is 0 Å². The smallest absolute Gasteiger partial charge is 0.182 e. The minimum Gasteiger partial charge on any atom is -0.493 e. The maximum Gasteiger partial charge on any atom is 0.182 e. The molecule has 92 valence electrons. The van der Waals surface area contributed by atoms with E-state index in [2.05, 4.69) is 4.98 Å². The summed E-state index contributed by atoms with van der Waals surface area (Å²) in [6.45, 7) is 0.687. The number of benzene rings is 1. The Morgan fingerprint density at radius 3 is 3.17 bits per heavy atom. The van der Waals surface area contributed by atoms with Gasteiger partial charge < -0.3 is 4.74 Å². The second-order valence-electron chi connectivity index (χ2n) is 4.37. The highest BCUT2D eigenvalue weighted by Crippen LogP contribution is 2.36. The average Bonchev–Trinajstić information content (AvgIpc) is 2.93. The zero-order chi connectivity index (χ0) is 12.4. The number of para-hydroxylation sites is 1. The molecule has 3 nitrogen and oxygen atoms in total. The van der Waals surface area contributed by atoms with E-state index in [9.17, 15) is 4.79 Å². The van der Waals surface area contributed by atoms with E-state index in [1.54, 1.807) is 5.51 Å². The van der Waals surface area contributed by atoms with Crippen molar-refractivity contribution in [3.63, 3.8) is 0 Å². The van der Waals surface area contributed by atoms with Crippen molar-refractivity contribution < 1.29 is 9.53 Å². The third-order valence-corrected chi connectivity index (χ3v) is 3.82. The summed E-state index contributed by atoms with van der Waals surface area (Å²) in [4.78, 5) is 16.2. The molecule has 0 saturated carbocycles. The lowest BCUT2D eigenvalue weighted by Crippen LogP contribution is -2.17. The summed E-state index contributed by atoms with van der Waals surface area (Å²) in [5.74, 6) is 1.29. The van der Waals surface area contributed by atoms with E-state index in [0.29, 0.717) is 18.7 Å². The van der Waals surface area contributed by atoms with Crippen molar-refractivity contribution in [2.45, 2.75) is 18.8 Å². The third-order valence-electron chi connectivity index (χ3n) is 3.23. The zero-order valence-electron chi connectivity index (χ0n) is 9.83. The van der Waals surface area contributed by atoms with Crippen LogP contribution in [0.15, 0.2) is 35.2 Å². The molecular weight excluding hydrogens is 246 g/mol. The van der Waals surface area contributed by atoms with Crippen LogP contribution in [0.1, 0.15) is 34.8 Å². The van der Waals surface area contributed by atoms with Gasteiger partial charge in [0.2, 0.25) is 0 Å². The van der Waals surface area contributed by atoms with Crippen LogP contribution in [0.5, 0.6) is 5.75 Å². The molecule has 1 aliphatic rings. The summed E-state index contributed by atoms with van der Waals surface area (Å²) >= 11 is 1.46. The molecular formula is C14H13NO2S. The number of hydrogen-bond acceptors (Lipinski definition) is 4. The summed E-state index contributed by atoms with van der Waals surface area (Å²) in [5.41, 5.74) is 3.43. The lowest BCUT2D eigenvalue weighted by Gasteiger charge is -2.25. The number of aromatic nitrogens is 1. The molecule has 0 aliphatic carbocycles. The van der Waals surface area contributed by atoms with Crippen molar-refractivity contribution in [1.29, 1.82) is 0 Å². The van der Waals surface area contributed by atoms with Crippen LogP contribution < -0.4 is 4.74 Å². The van der Waals surface area contributed by atoms with Crippen molar-refractivity contribution in [2.75, 3.05) is 6.61 Å². The quantitative estimate of drug-likeness (QED) is 0.794. The number of hydrogen-bond donors (Lipinski definition) is 0. The van der Waals surface area contributed by atoms with Crippen LogP contribution in [0, 0.1) is 0 Å². The number of carbonyl (C=O) groups is 1. The minimum atomic E-state index is 0.123. The molecule has 0 amide bonds. The van der Waals surface area contributed by atoms with Crippen LogP contribution in [0.4, 0.5) is 0 Å². The van der Waals surface area contributed by atoms with Gasteiger partial charge in [-0.25, -0.2) is 4.98 Å². The van der Waals surface area contributed by atoms with Crippen molar-refractivity contribution in [2.24, 2.45) is 0 Å². The highest BCUT2D eigenvalue weighted by atomic mass is 32.1. The predicted molar refractivity (Wildman–Crippen MR) is 70.4 cm³/mol. The van der Waals surface area contributed by atoms with Crippen LogP contribution in [0.25, 0.3) is 0 Å². The van der Waals surface area contributed by atoms with Gasteiger partial charge in [0.05, 0.1) is 12.1 Å². The Morgan fingerprint density at radius 2 is 2.33 bits per heavy atom. The van der Waals surface area contributed by atoms with Gasteiger partial charge in [0.1, 0.15) is 11.4 Å². The van der Waals surface area contributed by atoms with Crippen molar-refractivity contribution in [3.05, 3.63) is 46.4 Å². The summed E-state index contributed by atoms with van der Waals surface area (Å²) in [7, 11) is 0. The molecule has 0 N–H and O–H groups in total. The van der Waals surface area contributed by atoms with E-state index in [0.717, 1.165) is 17.7 Å². The van der Waals surface area contributed by atoms with Gasteiger partial charge in [-0.15, -0.1) is 11.3 Å². The monoisotopic (exact) mass is 259 g/mol. The lowest BCUT2D eigenvalue weighted by atomic mass is 9.88. The lowest BCUT2D eigenvalue weighted by molar-refractivity contribution is 0.0961. The fraction of sp³-hybridized carbons (Fsp3) is 0.286. The van der Waals surface area contributed by atoms with Crippen LogP contribution in [-0.2, 0) is 0 Å². The Balaban J connectivity index is 1.80. The molecule has 0 fully saturated rings. The normalized spacial score (nSPS) is 17.9. The number of rotatable bonds is 3. The Kier molecular flexibility index (Phi) is 3.11. The number of ether oxygens (including phenoxy) is 1. The molecule has 3 rings (SSSR count). The predicted octanol–water partition coefficient (Wildman–Crippen LogP) is 3.28. The highest BCUT2D eigenvalue weighted by Gasteiger charge is 2.24. The molecule has 1 aliphatic heterocycles. The van der Waals surface area contributed by atoms with Gasteiger partial charge in [-0.3, -0.25) is 4.79 Å². The van der Waals surface area contributed by atoms with Crippen molar-refractivity contribution >= 4 is 17.1 Å². The third kappa shape index (κ3) is 2.16. The van der Waals surface area contributed by atoms with E-state index in [-0.39, 0.29) is 11.7 Å². The number of ketones is 1. The first-order chi connectivity index (χ1) is 8.84. The molecule has 0 bridgehead atoms. The number of fused-ring (bicyclic) bond motifs is 1. The minimum absolute atomic E-state index is 0.123. The van der Waals surface area contributed by atoms with Gasteiger partial charge in [0, 0.05) is 11.8 Å². The highest BCUT2D eigenvalue weighted by molar-refractivity contribution is 7.07. The van der Waals surface area contributed by atoms with Gasteiger partial charge in [-0.1, -0.05) is 18.2 Å². The number of nitrogens with zero attached hydrogens (tertiary/aromatic N) is 1. The fourth-order valence-corrected chi connectivity index (χ4v) is 2.86. The number of carbonyl (C=O) groups excluding carboxylic acids is 1. The molecule has 0 spiro atoms. The Hall–Kier alpha value is -1.68. The molecule has 1 aromatic heterocycles. The fourth-order valence-electron chi connectivity index (χ4n) is 2.31. The van der Waals surface area contributed by atoms with Crippen LogP contribution in [-0.4, -0.2) is 17.4 Å². The van der Waals surface area contributed by atoms with Crippen LogP contribution in [0.2, 0.25) is 0 Å². The molecule has 2 heterocycles. The average molecular weight is 259 g/mol. The molecule has 1 atom stereocenters. The number of Topliss-reactive ketones (excluding diaryl/α,β-unsaturated/α-hetero) is 1. The van der Waals surface area contributed by atoms with Gasteiger partial charge >= 0.3 is 0 Å². The molecule has 2 aromatic rings. The van der Waals surface area contributed by atoms with E-state index >= 15 is 0 Å². The summed E-state index contributed by atoms with van der Waals surface area (Å²) in [6.07, 6.45) is 1.41. The first-order valence-electron chi connectivity index (χ1n) is 5.97. The molecule has 4 heteroatoms. The van der Waals surface area contributed by atoms with E-state index < -0.39 is 0 Å². The molecule has 1 unspecified atom stereocenters. The second kappa shape index (κ2) is 4.90. The Bertz CT molecular complexity index is 551. The Morgan fingerprint density at radius 1 is 1.44 bits per heavy atom. The first kappa shape index (κ1) is 11.4. The first-order valence-corrected chi connectivity index (χ1v) is 6.92. The van der Waals surface area contributed by atoms with Gasteiger partial charge in [-0.05, 0) is 24.0 Å². The maximum atomic E-state index is 12.1. The van der Waals surface area contributed by atoms with Crippen molar-refractivity contribution in [1.82, 2.24) is 4.98 Å². The van der Waals surface area contributed by atoms with E-state index in [1.165, 1.54) is 11.3 Å². The zero-order valence-corrected chi connectivity index (χ0v) is 10.7. The van der Waals surface area contributed by atoms with Gasteiger partial charge in [0.25, 0.3) is 0 Å². The molecule has 1 aromatic carbocycles. The van der Waals surface area contributed by atoms with Crippen LogP contribution in [0.3, 0.4) is 0 Å². The topological polar surface area (TPSA) is 39.2 Å². The molecule has 0 radical (unpaired) electrons. The summed E-state index contributed by atoms with van der Waals surface area (Å²) in [6, 6.07) is 7.97. The standard InChI is InChI=1S/C14H13NO2S/c16-13(12-8-18-9-15-12)7-10-5-6-17-14-4-2-1-3-11(10)14/h1-4,8-10H,5-7H2. The van der Waals surface area contributed by atoms with E-state index in [1.807, 2.05) is 29.6 Å². The van der Waals surface area contributed by atoms with Crippen LogP contribution >= 0.6 is 11.3 Å². The summed E-state index contributed by atoms with van der Waals surface area (Å²) in [5, 5.41) is 1.81. The second-order valence-corrected chi connectivity index (χ2v) is 5.09. The molecule has 18 heavy (non-hydrogen) atoms. The summed E-state index contributed by atoms with van der Waals surface area (Å²) < 4.78 is 5.60. The SMILES string of the molecule is O=C(CC1CCOc2ccccc21)c1cscn1. The van der Waals surface area contributed by atoms with Crippen molar-refractivity contribution in [3.8, 4) is 5.75 Å². The molecule has 0 saturated heterocycles.